The maximum atomic E-state index is 12.8. The highest BCUT2D eigenvalue weighted by atomic mass is 16.1. The molecule has 1 rings (SSSR count). The van der Waals surface area contributed by atoms with Gasteiger partial charge in [0.25, 0.3) is 0 Å². The van der Waals surface area contributed by atoms with E-state index >= 15 is 0 Å². The second-order valence-corrected chi connectivity index (χ2v) is 5.26. The third-order valence-electron chi connectivity index (χ3n) is 4.72. The number of rotatable bonds is 7. The average molecular weight is 239 g/mol. The van der Waals surface area contributed by atoms with E-state index in [-0.39, 0.29) is 5.54 Å². The van der Waals surface area contributed by atoms with Gasteiger partial charge in [-0.1, -0.05) is 40.5 Å². The molecule has 0 radical (unpaired) electrons. The first-order chi connectivity index (χ1) is 8.16. The molecule has 0 saturated heterocycles. The van der Waals surface area contributed by atoms with E-state index in [0.29, 0.717) is 11.7 Å². The van der Waals surface area contributed by atoms with Crippen LogP contribution in [-0.4, -0.2) is 29.3 Å². The van der Waals surface area contributed by atoms with Crippen LogP contribution in [0.3, 0.4) is 0 Å². The summed E-state index contributed by atoms with van der Waals surface area (Å²) in [5.41, 5.74) is -0.182. The van der Waals surface area contributed by atoms with E-state index < -0.39 is 0 Å². The van der Waals surface area contributed by atoms with Crippen LogP contribution in [0.25, 0.3) is 0 Å². The highest BCUT2D eigenvalue weighted by molar-refractivity contribution is 5.90. The van der Waals surface area contributed by atoms with Crippen molar-refractivity contribution < 1.29 is 4.79 Å². The lowest BCUT2D eigenvalue weighted by Crippen LogP contribution is -2.55. The first-order valence-electron chi connectivity index (χ1n) is 7.45. The number of carbonyl (C=O) groups excluding carboxylic acids is 1. The Hall–Kier alpha value is -0.370. The number of nitrogens with zero attached hydrogens (tertiary/aromatic N) is 1. The third kappa shape index (κ3) is 2.73. The van der Waals surface area contributed by atoms with Crippen molar-refractivity contribution in [3.63, 3.8) is 0 Å². The number of hydrogen-bond donors (Lipinski definition) is 0. The topological polar surface area (TPSA) is 20.3 Å². The molecular weight excluding hydrogens is 210 g/mol. The van der Waals surface area contributed by atoms with Crippen LogP contribution in [-0.2, 0) is 4.79 Å². The minimum Gasteiger partial charge on any atom is -0.297 e. The number of hydrogen-bond acceptors (Lipinski definition) is 2. The fourth-order valence-corrected chi connectivity index (χ4v) is 3.60. The normalized spacial score (nSPS) is 17.9. The van der Waals surface area contributed by atoms with Crippen LogP contribution >= 0.6 is 0 Å². The second kappa shape index (κ2) is 6.53. The Balaban J connectivity index is 2.92. The van der Waals surface area contributed by atoms with E-state index in [4.69, 9.17) is 0 Å². The Morgan fingerprint density at radius 3 is 1.88 bits per heavy atom. The first kappa shape index (κ1) is 14.7. The average Bonchev–Trinajstić information content (AvgIpc) is 2.89. The Morgan fingerprint density at radius 1 is 1.06 bits per heavy atom. The van der Waals surface area contributed by atoms with Gasteiger partial charge in [-0.2, -0.15) is 0 Å². The quantitative estimate of drug-likeness (QED) is 0.676. The van der Waals surface area contributed by atoms with Gasteiger partial charge in [0.15, 0.2) is 5.78 Å². The SMILES string of the molecule is CCN(CC)C(CC)(CC)C(=O)C1CCCC1. The van der Waals surface area contributed by atoms with Crippen LogP contribution in [0.5, 0.6) is 0 Å². The predicted molar refractivity (Wildman–Crippen MR) is 73.2 cm³/mol. The molecule has 0 heterocycles. The van der Waals surface area contributed by atoms with Crippen molar-refractivity contribution in [1.82, 2.24) is 4.90 Å². The molecule has 0 aromatic heterocycles. The van der Waals surface area contributed by atoms with Crippen molar-refractivity contribution in [2.45, 2.75) is 71.8 Å². The van der Waals surface area contributed by atoms with Crippen LogP contribution in [0.4, 0.5) is 0 Å². The molecule has 1 aliphatic carbocycles. The molecule has 17 heavy (non-hydrogen) atoms. The van der Waals surface area contributed by atoms with E-state index in [2.05, 4.69) is 32.6 Å². The van der Waals surface area contributed by atoms with Crippen LogP contribution in [0.15, 0.2) is 0 Å². The van der Waals surface area contributed by atoms with Gasteiger partial charge < -0.3 is 0 Å². The zero-order chi connectivity index (χ0) is 12.9. The summed E-state index contributed by atoms with van der Waals surface area (Å²) < 4.78 is 0. The molecule has 1 aliphatic rings. The van der Waals surface area contributed by atoms with Gasteiger partial charge in [-0.3, -0.25) is 9.69 Å². The minimum atomic E-state index is -0.182. The van der Waals surface area contributed by atoms with Gasteiger partial charge in [0.05, 0.1) is 5.54 Å². The van der Waals surface area contributed by atoms with Gasteiger partial charge in [0, 0.05) is 5.92 Å². The Morgan fingerprint density at radius 2 is 1.53 bits per heavy atom. The summed E-state index contributed by atoms with van der Waals surface area (Å²) in [6, 6.07) is 0. The highest BCUT2D eigenvalue weighted by Gasteiger charge is 2.43. The summed E-state index contributed by atoms with van der Waals surface area (Å²) in [7, 11) is 0. The van der Waals surface area contributed by atoms with Crippen molar-refractivity contribution in [3.8, 4) is 0 Å². The van der Waals surface area contributed by atoms with Crippen molar-refractivity contribution in [2.24, 2.45) is 5.92 Å². The summed E-state index contributed by atoms with van der Waals surface area (Å²) in [5.74, 6) is 0.874. The molecule has 1 saturated carbocycles. The molecule has 0 atom stereocenters. The Kier molecular flexibility index (Phi) is 5.64. The first-order valence-corrected chi connectivity index (χ1v) is 7.45. The largest absolute Gasteiger partial charge is 0.297 e. The lowest BCUT2D eigenvalue weighted by Gasteiger charge is -2.42. The number of carbonyl (C=O) groups is 1. The van der Waals surface area contributed by atoms with Crippen LogP contribution in [0.2, 0.25) is 0 Å². The summed E-state index contributed by atoms with van der Waals surface area (Å²) in [6.07, 6.45) is 6.67. The molecule has 2 heteroatoms. The molecule has 0 unspecified atom stereocenters. The monoisotopic (exact) mass is 239 g/mol. The maximum absolute atomic E-state index is 12.8. The lowest BCUT2D eigenvalue weighted by molar-refractivity contribution is -0.136. The zero-order valence-corrected chi connectivity index (χ0v) is 12.1. The van der Waals surface area contributed by atoms with Crippen LogP contribution in [0, 0.1) is 5.92 Å². The Bertz CT molecular complexity index is 235. The molecule has 0 amide bonds. The fourth-order valence-electron chi connectivity index (χ4n) is 3.60. The van der Waals surface area contributed by atoms with Crippen molar-refractivity contribution in [1.29, 1.82) is 0 Å². The van der Waals surface area contributed by atoms with Crippen molar-refractivity contribution in [2.75, 3.05) is 13.1 Å². The summed E-state index contributed by atoms with van der Waals surface area (Å²) >= 11 is 0. The maximum Gasteiger partial charge on any atom is 0.156 e. The van der Waals surface area contributed by atoms with Gasteiger partial charge in [-0.25, -0.2) is 0 Å². The van der Waals surface area contributed by atoms with Gasteiger partial charge >= 0.3 is 0 Å². The van der Waals surface area contributed by atoms with Crippen molar-refractivity contribution >= 4 is 5.78 Å². The molecule has 2 nitrogen and oxygen atoms in total. The summed E-state index contributed by atoms with van der Waals surface area (Å²) in [6.45, 7) is 10.7. The standard InChI is InChI=1S/C15H29NO/c1-5-15(6-2,16(7-3)8-4)14(17)13-11-9-10-12-13/h13H,5-12H2,1-4H3. The zero-order valence-electron chi connectivity index (χ0n) is 12.1. The molecule has 0 aromatic rings. The molecule has 0 spiro atoms. The number of Topliss-reactive ketones (excluding diaryl/α,β-unsaturated/α-hetero) is 1. The van der Waals surface area contributed by atoms with Gasteiger partial charge in [0.1, 0.15) is 0 Å². The molecular formula is C15H29NO. The molecule has 1 fully saturated rings. The van der Waals surface area contributed by atoms with E-state index in [9.17, 15) is 4.79 Å². The Labute approximate surface area is 107 Å². The summed E-state index contributed by atoms with van der Waals surface area (Å²) in [4.78, 5) is 15.2. The van der Waals surface area contributed by atoms with E-state index in [1.54, 1.807) is 0 Å². The third-order valence-corrected chi connectivity index (χ3v) is 4.72. The van der Waals surface area contributed by atoms with E-state index in [1.165, 1.54) is 12.8 Å². The molecule has 0 N–H and O–H groups in total. The highest BCUT2D eigenvalue weighted by Crippen LogP contribution is 2.35. The van der Waals surface area contributed by atoms with Crippen LogP contribution < -0.4 is 0 Å². The van der Waals surface area contributed by atoms with Crippen LogP contribution in [0.1, 0.15) is 66.2 Å². The molecule has 0 aliphatic heterocycles. The number of likely N-dealkylation sites (N-methyl/N-ethyl adjacent to an activating group) is 1. The predicted octanol–water partition coefficient (Wildman–Crippen LogP) is 3.65. The summed E-state index contributed by atoms with van der Waals surface area (Å²) in [5, 5.41) is 0. The lowest BCUT2D eigenvalue weighted by atomic mass is 9.79. The van der Waals surface area contributed by atoms with Gasteiger partial charge in [-0.15, -0.1) is 0 Å². The van der Waals surface area contributed by atoms with Crippen molar-refractivity contribution in [3.05, 3.63) is 0 Å². The van der Waals surface area contributed by atoms with E-state index in [0.717, 1.165) is 38.8 Å². The van der Waals surface area contributed by atoms with Gasteiger partial charge in [0.2, 0.25) is 0 Å². The molecule has 100 valence electrons. The second-order valence-electron chi connectivity index (χ2n) is 5.26. The minimum absolute atomic E-state index is 0.182. The van der Waals surface area contributed by atoms with Gasteiger partial charge in [-0.05, 0) is 38.8 Å². The number of ketones is 1. The van der Waals surface area contributed by atoms with E-state index in [1.807, 2.05) is 0 Å². The molecule has 0 bridgehead atoms. The fraction of sp³-hybridized carbons (Fsp3) is 0.933. The smallest absolute Gasteiger partial charge is 0.156 e. The molecule has 0 aromatic carbocycles.